The maximum atomic E-state index is 11.6. The summed E-state index contributed by atoms with van der Waals surface area (Å²) >= 11 is 0. The summed E-state index contributed by atoms with van der Waals surface area (Å²) in [6.45, 7) is 7.46. The van der Waals surface area contributed by atoms with Gasteiger partial charge in [0.15, 0.2) is 0 Å². The van der Waals surface area contributed by atoms with Gasteiger partial charge in [-0.25, -0.2) is 4.79 Å². The molecular formula is C18H28N2O5. The van der Waals surface area contributed by atoms with Crippen LogP contribution in [0.25, 0.3) is 0 Å². The number of hydrogen-bond donors (Lipinski definition) is 3. The van der Waals surface area contributed by atoms with Crippen molar-refractivity contribution in [3.8, 4) is 0 Å². The van der Waals surface area contributed by atoms with E-state index in [0.29, 0.717) is 19.4 Å². The molecule has 0 aromatic heterocycles. The number of carbonyl (C=O) groups is 2. The van der Waals surface area contributed by atoms with Gasteiger partial charge < -0.3 is 25.2 Å². The topological polar surface area (TPSA) is 96.9 Å². The van der Waals surface area contributed by atoms with E-state index in [4.69, 9.17) is 4.74 Å². The zero-order valence-electron chi connectivity index (χ0n) is 15.0. The van der Waals surface area contributed by atoms with Crippen molar-refractivity contribution < 1.29 is 24.2 Å². The number of alkyl carbamates (subject to hydrolysis) is 1. The highest BCUT2D eigenvalue weighted by Crippen LogP contribution is 2.05. The summed E-state index contributed by atoms with van der Waals surface area (Å²) < 4.78 is 9.65. The van der Waals surface area contributed by atoms with E-state index in [1.807, 2.05) is 51.1 Å². The molecule has 1 aromatic rings. The lowest BCUT2D eigenvalue weighted by Crippen LogP contribution is -2.52. The molecule has 3 N–H and O–H groups in total. The molecule has 1 fully saturated rings. The van der Waals surface area contributed by atoms with Crippen LogP contribution in [0.3, 0.4) is 0 Å². The molecule has 2 atom stereocenters. The van der Waals surface area contributed by atoms with Gasteiger partial charge in [-0.15, -0.1) is 0 Å². The Morgan fingerprint density at radius 2 is 2.04 bits per heavy atom. The Labute approximate surface area is 148 Å². The van der Waals surface area contributed by atoms with Crippen molar-refractivity contribution in [3.05, 3.63) is 35.9 Å². The number of hydrogen-bond acceptors (Lipinski definition) is 6. The van der Waals surface area contributed by atoms with Crippen LogP contribution in [-0.4, -0.2) is 48.5 Å². The van der Waals surface area contributed by atoms with Crippen molar-refractivity contribution in [3.63, 3.8) is 0 Å². The number of nitrogens with one attached hydrogen (secondary N) is 2. The van der Waals surface area contributed by atoms with E-state index in [1.165, 1.54) is 0 Å². The van der Waals surface area contributed by atoms with E-state index < -0.39 is 12.2 Å². The molecule has 1 aliphatic heterocycles. The van der Waals surface area contributed by atoms with Crippen molar-refractivity contribution in [2.45, 2.75) is 51.5 Å². The first-order chi connectivity index (χ1) is 11.8. The molecule has 1 heterocycles. The summed E-state index contributed by atoms with van der Waals surface area (Å²) in [4.78, 5) is 21.2. The minimum atomic E-state index is -0.553. The summed E-state index contributed by atoms with van der Waals surface area (Å²) in [5.74, 6) is 0. The van der Waals surface area contributed by atoms with E-state index >= 15 is 0 Å². The molecule has 0 saturated carbocycles. The average molecular weight is 352 g/mol. The molecule has 1 amide bonds. The zero-order chi connectivity index (χ0) is 18.7. The molecule has 2 rings (SSSR count). The molecule has 1 saturated heterocycles. The number of carbonyl (C=O) groups excluding carboxylic acids is 2. The molecule has 0 radical (unpaired) electrons. The molecular weight excluding hydrogens is 324 g/mol. The smallest absolute Gasteiger partial charge is 0.407 e. The average Bonchev–Trinajstić information content (AvgIpc) is 2.56. The van der Waals surface area contributed by atoms with Gasteiger partial charge in [0.2, 0.25) is 0 Å². The molecule has 0 aliphatic carbocycles. The standard InChI is InChI=1S/C13H18N2O3.C5H10O2/c16-12-8-14-7-6-11(12)15-13(17)18-9-10-4-2-1-3-5-10;1-5(2,3)7-4-6/h1-5,11-12,14,16H,6-9H2,(H,15,17);4H,1-3H3/t11-,12-;/m1./s1. The molecule has 1 aliphatic rings. The summed E-state index contributed by atoms with van der Waals surface area (Å²) in [5, 5.41) is 15.4. The summed E-state index contributed by atoms with van der Waals surface area (Å²) in [7, 11) is 0. The van der Waals surface area contributed by atoms with Crippen molar-refractivity contribution in [1.82, 2.24) is 10.6 Å². The molecule has 0 spiro atoms. The van der Waals surface area contributed by atoms with Gasteiger partial charge in [-0.1, -0.05) is 30.3 Å². The van der Waals surface area contributed by atoms with Crippen LogP contribution in [-0.2, 0) is 20.9 Å². The van der Waals surface area contributed by atoms with Crippen LogP contribution in [0.2, 0.25) is 0 Å². The number of ether oxygens (including phenoxy) is 2. The normalized spacial score (nSPS) is 19.8. The summed E-state index contributed by atoms with van der Waals surface area (Å²) in [6.07, 6.45) is -0.324. The molecule has 7 heteroatoms. The fraction of sp³-hybridized carbons (Fsp3) is 0.556. The van der Waals surface area contributed by atoms with Crippen molar-refractivity contribution in [1.29, 1.82) is 0 Å². The minimum Gasteiger partial charge on any atom is -0.462 e. The summed E-state index contributed by atoms with van der Waals surface area (Å²) in [5.41, 5.74) is 0.625. The summed E-state index contributed by atoms with van der Waals surface area (Å²) in [6, 6.07) is 9.27. The lowest BCUT2D eigenvalue weighted by Gasteiger charge is -2.28. The van der Waals surface area contributed by atoms with E-state index in [-0.39, 0.29) is 18.2 Å². The van der Waals surface area contributed by atoms with Crippen LogP contribution >= 0.6 is 0 Å². The predicted molar refractivity (Wildman–Crippen MR) is 93.9 cm³/mol. The molecule has 140 valence electrons. The Morgan fingerprint density at radius 1 is 1.36 bits per heavy atom. The van der Waals surface area contributed by atoms with Crippen molar-refractivity contribution in [2.75, 3.05) is 13.1 Å². The number of β-amino-alcohol motifs (C(OH)–C–C–N with tert-alkyl or cyclic N) is 1. The monoisotopic (exact) mass is 352 g/mol. The van der Waals surface area contributed by atoms with Crippen LogP contribution in [0.15, 0.2) is 30.3 Å². The first kappa shape index (κ1) is 20.9. The maximum Gasteiger partial charge on any atom is 0.407 e. The van der Waals surface area contributed by atoms with Gasteiger partial charge in [-0.3, -0.25) is 4.79 Å². The van der Waals surface area contributed by atoms with Gasteiger partial charge in [-0.2, -0.15) is 0 Å². The Hall–Kier alpha value is -2.12. The van der Waals surface area contributed by atoms with Crippen LogP contribution < -0.4 is 10.6 Å². The number of piperidine rings is 1. The van der Waals surface area contributed by atoms with Crippen LogP contribution in [0.4, 0.5) is 4.79 Å². The number of rotatable bonds is 4. The van der Waals surface area contributed by atoms with E-state index in [0.717, 1.165) is 12.1 Å². The number of benzene rings is 1. The third kappa shape index (κ3) is 9.69. The highest BCUT2D eigenvalue weighted by Gasteiger charge is 2.24. The Kier molecular flexibility index (Phi) is 8.94. The highest BCUT2D eigenvalue weighted by atomic mass is 16.5. The zero-order valence-corrected chi connectivity index (χ0v) is 15.0. The van der Waals surface area contributed by atoms with Gasteiger partial charge in [0, 0.05) is 6.54 Å². The predicted octanol–water partition coefficient (Wildman–Crippen LogP) is 1.59. The van der Waals surface area contributed by atoms with E-state index in [1.54, 1.807) is 0 Å². The Bertz CT molecular complexity index is 516. The molecule has 7 nitrogen and oxygen atoms in total. The van der Waals surface area contributed by atoms with Gasteiger partial charge >= 0.3 is 6.09 Å². The van der Waals surface area contributed by atoms with Crippen molar-refractivity contribution in [2.24, 2.45) is 0 Å². The lowest BCUT2D eigenvalue weighted by molar-refractivity contribution is -0.138. The van der Waals surface area contributed by atoms with Crippen LogP contribution in [0, 0.1) is 0 Å². The third-order valence-electron chi connectivity index (χ3n) is 3.37. The quantitative estimate of drug-likeness (QED) is 0.712. The maximum absolute atomic E-state index is 11.6. The van der Waals surface area contributed by atoms with Crippen LogP contribution in [0.1, 0.15) is 32.8 Å². The lowest BCUT2D eigenvalue weighted by atomic mass is 10.0. The Morgan fingerprint density at radius 3 is 2.56 bits per heavy atom. The number of aliphatic hydroxyl groups is 1. The van der Waals surface area contributed by atoms with Gasteiger partial charge in [0.1, 0.15) is 12.2 Å². The van der Waals surface area contributed by atoms with E-state index in [2.05, 4.69) is 15.4 Å². The highest BCUT2D eigenvalue weighted by molar-refractivity contribution is 5.67. The molecule has 1 aromatic carbocycles. The Balaban J connectivity index is 0.000000381. The fourth-order valence-corrected chi connectivity index (χ4v) is 2.07. The molecule has 25 heavy (non-hydrogen) atoms. The second-order valence-electron chi connectivity index (χ2n) is 6.70. The number of amides is 1. The fourth-order valence-electron chi connectivity index (χ4n) is 2.07. The SMILES string of the molecule is CC(C)(C)OC=O.O=C(N[C@@H]1CCNC[C@H]1O)OCc1ccccc1. The van der Waals surface area contributed by atoms with Crippen molar-refractivity contribution >= 4 is 12.6 Å². The number of aliphatic hydroxyl groups excluding tert-OH is 1. The first-order valence-corrected chi connectivity index (χ1v) is 8.29. The molecule has 0 unspecified atom stereocenters. The third-order valence-corrected chi connectivity index (χ3v) is 3.37. The molecule has 0 bridgehead atoms. The van der Waals surface area contributed by atoms with Crippen LogP contribution in [0.5, 0.6) is 0 Å². The second kappa shape index (κ2) is 10.7. The van der Waals surface area contributed by atoms with Gasteiger partial charge in [-0.05, 0) is 39.3 Å². The van der Waals surface area contributed by atoms with Gasteiger partial charge in [0.25, 0.3) is 6.47 Å². The van der Waals surface area contributed by atoms with Gasteiger partial charge in [0.05, 0.1) is 12.1 Å². The largest absolute Gasteiger partial charge is 0.462 e. The minimum absolute atomic E-state index is 0.227. The first-order valence-electron chi connectivity index (χ1n) is 8.29. The second-order valence-corrected chi connectivity index (χ2v) is 6.70. The van der Waals surface area contributed by atoms with E-state index in [9.17, 15) is 14.7 Å².